The topological polar surface area (TPSA) is 35.0 Å². The molecule has 19 heavy (non-hydrogen) atoms. The average molecular weight is 277 g/mol. The summed E-state index contributed by atoms with van der Waals surface area (Å²) < 4.78 is 5.83. The van der Waals surface area contributed by atoms with Crippen LogP contribution in [-0.2, 0) is 6.61 Å². The SMILES string of the molecule is Cc1cc(C)c(OCc2nc(C)cc(Cl)n2)c(C)c1. The molecule has 0 atom stereocenters. The van der Waals surface area contributed by atoms with Crippen LogP contribution in [0.5, 0.6) is 5.75 Å². The van der Waals surface area contributed by atoms with E-state index in [1.54, 1.807) is 6.07 Å². The molecule has 1 aromatic carbocycles. The third kappa shape index (κ3) is 3.44. The molecule has 0 N–H and O–H groups in total. The predicted molar refractivity (Wildman–Crippen MR) is 76.8 cm³/mol. The molecule has 3 nitrogen and oxygen atoms in total. The van der Waals surface area contributed by atoms with Crippen LogP contribution in [0.1, 0.15) is 28.2 Å². The fourth-order valence-electron chi connectivity index (χ4n) is 2.18. The molecule has 2 aromatic rings. The van der Waals surface area contributed by atoms with Crippen molar-refractivity contribution in [3.8, 4) is 5.75 Å². The maximum atomic E-state index is 5.91. The number of benzene rings is 1. The number of rotatable bonds is 3. The van der Waals surface area contributed by atoms with E-state index in [4.69, 9.17) is 16.3 Å². The van der Waals surface area contributed by atoms with Gasteiger partial charge in [0.15, 0.2) is 5.82 Å². The van der Waals surface area contributed by atoms with Gasteiger partial charge in [-0.1, -0.05) is 29.3 Å². The van der Waals surface area contributed by atoms with Crippen LogP contribution in [0.2, 0.25) is 5.15 Å². The van der Waals surface area contributed by atoms with Crippen LogP contribution in [0.15, 0.2) is 18.2 Å². The van der Waals surface area contributed by atoms with Crippen molar-refractivity contribution in [3.63, 3.8) is 0 Å². The molecule has 0 spiro atoms. The van der Waals surface area contributed by atoms with Gasteiger partial charge >= 0.3 is 0 Å². The summed E-state index contributed by atoms with van der Waals surface area (Å²) in [6.07, 6.45) is 0. The summed E-state index contributed by atoms with van der Waals surface area (Å²) >= 11 is 5.91. The number of halogens is 1. The zero-order chi connectivity index (χ0) is 14.0. The molecule has 100 valence electrons. The highest BCUT2D eigenvalue weighted by Gasteiger charge is 2.07. The van der Waals surface area contributed by atoms with Gasteiger partial charge in [0, 0.05) is 5.69 Å². The van der Waals surface area contributed by atoms with E-state index in [0.717, 1.165) is 22.6 Å². The molecule has 0 radical (unpaired) electrons. The zero-order valence-corrected chi connectivity index (χ0v) is 12.4. The molecule has 0 saturated heterocycles. The van der Waals surface area contributed by atoms with Gasteiger partial charge in [-0.15, -0.1) is 0 Å². The largest absolute Gasteiger partial charge is 0.485 e. The van der Waals surface area contributed by atoms with Crippen LogP contribution in [-0.4, -0.2) is 9.97 Å². The standard InChI is InChI=1S/C15H17ClN2O/c1-9-5-10(2)15(11(3)6-9)19-8-14-17-12(4)7-13(16)18-14/h5-7H,8H2,1-4H3. The molecule has 0 aliphatic rings. The molecular formula is C15H17ClN2O. The van der Waals surface area contributed by atoms with Crippen LogP contribution in [0.3, 0.4) is 0 Å². The lowest BCUT2D eigenvalue weighted by Crippen LogP contribution is -2.04. The molecule has 1 heterocycles. The van der Waals surface area contributed by atoms with Gasteiger partial charge in [-0.2, -0.15) is 0 Å². The lowest BCUT2D eigenvalue weighted by Gasteiger charge is -2.12. The first-order valence-corrected chi connectivity index (χ1v) is 6.54. The number of hydrogen-bond donors (Lipinski definition) is 0. The van der Waals surface area contributed by atoms with Gasteiger partial charge in [0.1, 0.15) is 17.5 Å². The Hall–Kier alpha value is -1.61. The van der Waals surface area contributed by atoms with Gasteiger partial charge < -0.3 is 4.74 Å². The number of ether oxygens (including phenoxy) is 1. The second-order valence-electron chi connectivity index (χ2n) is 4.76. The van der Waals surface area contributed by atoms with Crippen molar-refractivity contribution in [1.29, 1.82) is 0 Å². The Morgan fingerprint density at radius 1 is 1.00 bits per heavy atom. The van der Waals surface area contributed by atoms with E-state index in [1.165, 1.54) is 5.56 Å². The van der Waals surface area contributed by atoms with Gasteiger partial charge in [-0.25, -0.2) is 9.97 Å². The fraction of sp³-hybridized carbons (Fsp3) is 0.333. The van der Waals surface area contributed by atoms with Crippen molar-refractivity contribution in [2.45, 2.75) is 34.3 Å². The van der Waals surface area contributed by atoms with Crippen LogP contribution in [0, 0.1) is 27.7 Å². The highest BCUT2D eigenvalue weighted by Crippen LogP contribution is 2.25. The minimum atomic E-state index is 0.326. The van der Waals surface area contributed by atoms with Crippen LogP contribution < -0.4 is 4.74 Å². The summed E-state index contributed by atoms with van der Waals surface area (Å²) in [6, 6.07) is 5.94. The van der Waals surface area contributed by atoms with Crippen LogP contribution in [0.4, 0.5) is 0 Å². The smallest absolute Gasteiger partial charge is 0.167 e. The Morgan fingerprint density at radius 2 is 1.63 bits per heavy atom. The first kappa shape index (κ1) is 13.8. The highest BCUT2D eigenvalue weighted by molar-refractivity contribution is 6.29. The molecule has 1 aromatic heterocycles. The minimum Gasteiger partial charge on any atom is -0.485 e. The number of hydrogen-bond acceptors (Lipinski definition) is 3. The molecule has 0 amide bonds. The Balaban J connectivity index is 2.19. The van der Waals surface area contributed by atoms with E-state index in [0.29, 0.717) is 17.6 Å². The molecule has 0 bridgehead atoms. The van der Waals surface area contributed by atoms with Gasteiger partial charge in [0.05, 0.1) is 0 Å². The fourth-order valence-corrected chi connectivity index (χ4v) is 2.44. The third-order valence-corrected chi connectivity index (χ3v) is 3.01. The zero-order valence-electron chi connectivity index (χ0n) is 11.6. The summed E-state index contributed by atoms with van der Waals surface area (Å²) in [7, 11) is 0. The van der Waals surface area contributed by atoms with Crippen LogP contribution in [0.25, 0.3) is 0 Å². The van der Waals surface area contributed by atoms with Gasteiger partial charge in [-0.05, 0) is 44.9 Å². The van der Waals surface area contributed by atoms with E-state index >= 15 is 0 Å². The van der Waals surface area contributed by atoms with E-state index < -0.39 is 0 Å². The molecular weight excluding hydrogens is 260 g/mol. The average Bonchev–Trinajstić information content (AvgIpc) is 2.25. The summed E-state index contributed by atoms with van der Waals surface area (Å²) in [5.41, 5.74) is 4.32. The summed E-state index contributed by atoms with van der Waals surface area (Å²) in [5.74, 6) is 1.50. The third-order valence-electron chi connectivity index (χ3n) is 2.82. The Kier molecular flexibility index (Phi) is 4.05. The number of aryl methyl sites for hydroxylation is 4. The van der Waals surface area contributed by atoms with Crippen molar-refractivity contribution >= 4 is 11.6 Å². The second kappa shape index (κ2) is 5.57. The van der Waals surface area contributed by atoms with E-state index in [2.05, 4.69) is 29.0 Å². The predicted octanol–water partition coefficient (Wildman–Crippen LogP) is 3.94. The molecule has 0 saturated carbocycles. The maximum Gasteiger partial charge on any atom is 0.167 e. The number of nitrogens with zero attached hydrogens (tertiary/aromatic N) is 2. The molecule has 0 unspecified atom stereocenters. The summed E-state index contributed by atoms with van der Waals surface area (Å²) in [6.45, 7) is 8.37. The van der Waals surface area contributed by atoms with E-state index in [-0.39, 0.29) is 0 Å². The first-order chi connectivity index (χ1) is 8.95. The Morgan fingerprint density at radius 3 is 2.21 bits per heavy atom. The van der Waals surface area contributed by atoms with E-state index in [1.807, 2.05) is 20.8 Å². The minimum absolute atomic E-state index is 0.326. The van der Waals surface area contributed by atoms with Crippen LogP contribution >= 0.6 is 11.6 Å². The molecule has 0 aliphatic carbocycles. The first-order valence-electron chi connectivity index (χ1n) is 6.16. The van der Waals surface area contributed by atoms with Gasteiger partial charge in [-0.3, -0.25) is 0 Å². The Labute approximate surface area is 118 Å². The van der Waals surface area contributed by atoms with Gasteiger partial charge in [0.2, 0.25) is 0 Å². The normalized spacial score (nSPS) is 10.6. The molecule has 0 fully saturated rings. The van der Waals surface area contributed by atoms with E-state index in [9.17, 15) is 0 Å². The van der Waals surface area contributed by atoms with Gasteiger partial charge in [0.25, 0.3) is 0 Å². The number of aromatic nitrogens is 2. The lowest BCUT2D eigenvalue weighted by molar-refractivity contribution is 0.291. The molecule has 4 heteroatoms. The Bertz CT molecular complexity index is 568. The highest BCUT2D eigenvalue weighted by atomic mass is 35.5. The summed E-state index contributed by atoms with van der Waals surface area (Å²) in [5, 5.41) is 0.448. The summed E-state index contributed by atoms with van der Waals surface area (Å²) in [4.78, 5) is 8.46. The van der Waals surface area contributed by atoms with Crippen molar-refractivity contribution in [3.05, 3.63) is 51.6 Å². The van der Waals surface area contributed by atoms with Crippen molar-refractivity contribution < 1.29 is 4.74 Å². The second-order valence-corrected chi connectivity index (χ2v) is 5.15. The van der Waals surface area contributed by atoms with Crippen molar-refractivity contribution in [1.82, 2.24) is 9.97 Å². The van der Waals surface area contributed by atoms with Crippen molar-refractivity contribution in [2.24, 2.45) is 0 Å². The van der Waals surface area contributed by atoms with Crippen molar-refractivity contribution in [2.75, 3.05) is 0 Å². The lowest BCUT2D eigenvalue weighted by atomic mass is 10.1. The molecule has 2 rings (SSSR count). The molecule has 0 aliphatic heterocycles. The quantitative estimate of drug-likeness (QED) is 0.797. The monoisotopic (exact) mass is 276 g/mol. The maximum absolute atomic E-state index is 5.91.